The lowest BCUT2D eigenvalue weighted by molar-refractivity contribution is -0.118. The molecule has 6 heteroatoms. The summed E-state index contributed by atoms with van der Waals surface area (Å²) in [5.41, 5.74) is 2.36. The predicted molar refractivity (Wildman–Crippen MR) is 97.9 cm³/mol. The molecule has 130 valence electrons. The molecule has 1 saturated heterocycles. The van der Waals surface area contributed by atoms with Gasteiger partial charge in [0.05, 0.1) is 17.4 Å². The van der Waals surface area contributed by atoms with E-state index in [0.717, 1.165) is 30.9 Å². The molecule has 1 aromatic heterocycles. The summed E-state index contributed by atoms with van der Waals surface area (Å²) in [5.74, 6) is -0.0606. The van der Waals surface area contributed by atoms with Crippen molar-refractivity contribution < 1.29 is 9.59 Å². The van der Waals surface area contributed by atoms with Crippen LogP contribution < -0.4 is 9.80 Å². The van der Waals surface area contributed by atoms with Gasteiger partial charge in [0.15, 0.2) is 0 Å². The molecule has 1 aliphatic rings. The molecule has 1 aliphatic heterocycles. The van der Waals surface area contributed by atoms with Crippen LogP contribution in [0.2, 0.25) is 0 Å². The molecule has 2 amide bonds. The van der Waals surface area contributed by atoms with Crippen LogP contribution in [0.15, 0.2) is 48.8 Å². The van der Waals surface area contributed by atoms with Crippen molar-refractivity contribution in [2.45, 2.75) is 6.92 Å². The summed E-state index contributed by atoms with van der Waals surface area (Å²) in [7, 11) is 0. The maximum absolute atomic E-state index is 12.9. The van der Waals surface area contributed by atoms with Crippen molar-refractivity contribution >= 4 is 23.7 Å². The number of piperazine rings is 1. The first kappa shape index (κ1) is 17.0. The van der Waals surface area contributed by atoms with Gasteiger partial charge in [0.2, 0.25) is 6.41 Å². The number of rotatable bonds is 5. The lowest BCUT2D eigenvalue weighted by Gasteiger charge is -2.34. The number of benzene rings is 1. The molecule has 0 aliphatic carbocycles. The molecule has 3 rings (SSSR count). The minimum absolute atomic E-state index is 0.0606. The number of nitrogens with zero attached hydrogens (tertiary/aromatic N) is 4. The summed E-state index contributed by atoms with van der Waals surface area (Å²) < 4.78 is 0. The van der Waals surface area contributed by atoms with Crippen LogP contribution in [0.3, 0.4) is 0 Å². The van der Waals surface area contributed by atoms with Gasteiger partial charge in [-0.25, -0.2) is 0 Å². The predicted octanol–water partition coefficient (Wildman–Crippen LogP) is 2.03. The zero-order valence-corrected chi connectivity index (χ0v) is 14.3. The summed E-state index contributed by atoms with van der Waals surface area (Å²) in [6, 6.07) is 11.5. The molecule has 0 spiro atoms. The third kappa shape index (κ3) is 3.79. The topological polar surface area (TPSA) is 56.8 Å². The highest BCUT2D eigenvalue weighted by molar-refractivity contribution is 6.06. The van der Waals surface area contributed by atoms with Crippen LogP contribution in [-0.2, 0) is 4.79 Å². The van der Waals surface area contributed by atoms with Crippen LogP contribution in [0.1, 0.15) is 17.3 Å². The minimum Gasteiger partial charge on any atom is -0.367 e. The maximum atomic E-state index is 12.9. The van der Waals surface area contributed by atoms with E-state index in [1.165, 1.54) is 0 Å². The van der Waals surface area contributed by atoms with E-state index in [0.29, 0.717) is 25.2 Å². The fourth-order valence-corrected chi connectivity index (χ4v) is 3.01. The second-order valence-electron chi connectivity index (χ2n) is 5.95. The molecule has 0 unspecified atom stereocenters. The van der Waals surface area contributed by atoms with Gasteiger partial charge in [0.25, 0.3) is 5.91 Å². The Balaban J connectivity index is 1.79. The largest absolute Gasteiger partial charge is 0.367 e. The third-order valence-electron chi connectivity index (χ3n) is 4.43. The van der Waals surface area contributed by atoms with Gasteiger partial charge in [-0.15, -0.1) is 0 Å². The lowest BCUT2D eigenvalue weighted by atomic mass is 10.2. The van der Waals surface area contributed by atoms with Crippen LogP contribution in [0.4, 0.5) is 11.4 Å². The van der Waals surface area contributed by atoms with Crippen molar-refractivity contribution in [1.82, 2.24) is 9.88 Å². The summed E-state index contributed by atoms with van der Waals surface area (Å²) in [6.45, 7) is 5.41. The first-order valence-electron chi connectivity index (χ1n) is 8.49. The van der Waals surface area contributed by atoms with Crippen molar-refractivity contribution in [3.63, 3.8) is 0 Å². The van der Waals surface area contributed by atoms with Crippen LogP contribution in [0.25, 0.3) is 0 Å². The Kier molecular flexibility index (Phi) is 5.28. The smallest absolute Gasteiger partial charge is 0.259 e. The highest BCUT2D eigenvalue weighted by Gasteiger charge is 2.20. The zero-order chi connectivity index (χ0) is 17.6. The molecular weight excluding hydrogens is 316 g/mol. The van der Waals surface area contributed by atoms with Gasteiger partial charge in [-0.2, -0.15) is 0 Å². The Labute approximate surface area is 147 Å². The monoisotopic (exact) mass is 338 g/mol. The normalized spacial score (nSPS) is 14.3. The average Bonchev–Trinajstić information content (AvgIpc) is 2.69. The standard InChI is InChI=1S/C19H22N4O2/c1-2-23(17-6-4-3-5-7-17)19(25)16-12-18(14-20-13-16)22-10-8-21(15-24)9-11-22/h3-7,12-15H,2,8-11H2,1H3. The Hall–Kier alpha value is -2.89. The molecule has 6 nitrogen and oxygen atoms in total. The highest BCUT2D eigenvalue weighted by atomic mass is 16.2. The summed E-state index contributed by atoms with van der Waals surface area (Å²) in [6.07, 6.45) is 4.26. The van der Waals surface area contributed by atoms with E-state index in [9.17, 15) is 9.59 Å². The second-order valence-corrected chi connectivity index (χ2v) is 5.95. The van der Waals surface area contributed by atoms with Crippen molar-refractivity contribution in [2.75, 3.05) is 42.5 Å². The SMILES string of the molecule is CCN(C(=O)c1cncc(N2CCN(C=O)CC2)c1)c1ccccc1. The number of hydrogen-bond acceptors (Lipinski definition) is 4. The van der Waals surface area contributed by atoms with Crippen LogP contribution in [-0.4, -0.2) is 54.9 Å². The van der Waals surface area contributed by atoms with E-state index in [1.807, 2.05) is 43.3 Å². The highest BCUT2D eigenvalue weighted by Crippen LogP contribution is 2.20. The van der Waals surface area contributed by atoms with Crippen molar-refractivity contribution in [1.29, 1.82) is 0 Å². The van der Waals surface area contributed by atoms with Gasteiger partial charge in [0.1, 0.15) is 0 Å². The van der Waals surface area contributed by atoms with E-state index < -0.39 is 0 Å². The minimum atomic E-state index is -0.0606. The molecule has 2 aromatic rings. The van der Waals surface area contributed by atoms with E-state index in [-0.39, 0.29) is 5.91 Å². The quantitative estimate of drug-likeness (QED) is 0.783. The molecule has 0 saturated carbocycles. The fourth-order valence-electron chi connectivity index (χ4n) is 3.01. The number of aromatic nitrogens is 1. The number of carbonyl (C=O) groups excluding carboxylic acids is 2. The molecule has 1 aromatic carbocycles. The van der Waals surface area contributed by atoms with Crippen molar-refractivity contribution in [2.24, 2.45) is 0 Å². The van der Waals surface area contributed by atoms with E-state index in [4.69, 9.17) is 0 Å². The summed E-state index contributed by atoms with van der Waals surface area (Å²) >= 11 is 0. The molecular formula is C19H22N4O2. The average molecular weight is 338 g/mol. The van der Waals surface area contributed by atoms with Crippen LogP contribution in [0, 0.1) is 0 Å². The number of anilines is 2. The molecule has 0 N–H and O–H groups in total. The van der Waals surface area contributed by atoms with Gasteiger partial charge in [-0.1, -0.05) is 18.2 Å². The van der Waals surface area contributed by atoms with Gasteiger partial charge in [-0.05, 0) is 25.1 Å². The Bertz CT molecular complexity index is 727. The number of hydrogen-bond donors (Lipinski definition) is 0. The lowest BCUT2D eigenvalue weighted by Crippen LogP contribution is -2.45. The molecule has 2 heterocycles. The molecule has 0 atom stereocenters. The third-order valence-corrected chi connectivity index (χ3v) is 4.43. The van der Waals surface area contributed by atoms with Gasteiger partial charge in [-0.3, -0.25) is 14.6 Å². The first-order chi connectivity index (χ1) is 12.2. The van der Waals surface area contributed by atoms with E-state index in [1.54, 1.807) is 22.2 Å². The van der Waals surface area contributed by atoms with Gasteiger partial charge in [0, 0.05) is 44.6 Å². The van der Waals surface area contributed by atoms with Crippen molar-refractivity contribution in [3.05, 3.63) is 54.4 Å². The van der Waals surface area contributed by atoms with Gasteiger partial charge >= 0.3 is 0 Å². The van der Waals surface area contributed by atoms with E-state index in [2.05, 4.69) is 9.88 Å². The van der Waals surface area contributed by atoms with Gasteiger partial charge < -0.3 is 14.7 Å². The zero-order valence-electron chi connectivity index (χ0n) is 14.3. The fraction of sp³-hybridized carbons (Fsp3) is 0.316. The number of carbonyl (C=O) groups is 2. The van der Waals surface area contributed by atoms with E-state index >= 15 is 0 Å². The number of amides is 2. The Morgan fingerprint density at radius 2 is 1.88 bits per heavy atom. The second kappa shape index (κ2) is 7.79. The first-order valence-corrected chi connectivity index (χ1v) is 8.49. The maximum Gasteiger partial charge on any atom is 0.259 e. The van der Waals surface area contributed by atoms with Crippen molar-refractivity contribution in [3.8, 4) is 0 Å². The van der Waals surface area contributed by atoms with Crippen LogP contribution in [0.5, 0.6) is 0 Å². The molecule has 0 radical (unpaired) electrons. The molecule has 0 bridgehead atoms. The molecule has 25 heavy (non-hydrogen) atoms. The number of pyridine rings is 1. The summed E-state index contributed by atoms with van der Waals surface area (Å²) in [4.78, 5) is 33.7. The van der Waals surface area contributed by atoms with Crippen LogP contribution >= 0.6 is 0 Å². The summed E-state index contributed by atoms with van der Waals surface area (Å²) in [5, 5.41) is 0. The molecule has 1 fully saturated rings. The Morgan fingerprint density at radius 1 is 1.16 bits per heavy atom. The number of para-hydroxylation sites is 1. The Morgan fingerprint density at radius 3 is 2.52 bits per heavy atom.